The van der Waals surface area contributed by atoms with Crippen molar-refractivity contribution in [2.24, 2.45) is 0 Å². The number of benzene rings is 1. The van der Waals surface area contributed by atoms with Crippen molar-refractivity contribution in [3.63, 3.8) is 0 Å². The van der Waals surface area contributed by atoms with Crippen LogP contribution in [0.1, 0.15) is 19.3 Å². The highest BCUT2D eigenvalue weighted by Gasteiger charge is 2.16. The van der Waals surface area contributed by atoms with Crippen molar-refractivity contribution in [1.29, 1.82) is 0 Å². The van der Waals surface area contributed by atoms with Crippen LogP contribution in [0.4, 0.5) is 4.39 Å². The van der Waals surface area contributed by atoms with Gasteiger partial charge in [-0.2, -0.15) is 0 Å². The zero-order valence-electron chi connectivity index (χ0n) is 10.1. The molecule has 1 aromatic rings. The number of hydrogen-bond donors (Lipinski definition) is 0. The van der Waals surface area contributed by atoms with E-state index in [1.54, 1.807) is 23.9 Å². The molecule has 0 radical (unpaired) electrons. The number of halogens is 1. The average molecular weight is 269 g/mol. The van der Waals surface area contributed by atoms with Gasteiger partial charge in [0, 0.05) is 23.6 Å². The van der Waals surface area contributed by atoms with Crippen molar-refractivity contribution in [2.45, 2.75) is 24.2 Å². The van der Waals surface area contributed by atoms with Crippen molar-refractivity contribution in [1.82, 2.24) is 5.06 Å². The maximum Gasteiger partial charge on any atom is 0.246 e. The van der Waals surface area contributed by atoms with Crippen LogP contribution >= 0.6 is 11.8 Å². The number of hydrogen-bond acceptors (Lipinski definition) is 3. The molecule has 0 unspecified atom stereocenters. The summed E-state index contributed by atoms with van der Waals surface area (Å²) in [5.41, 5.74) is 0. The summed E-state index contributed by atoms with van der Waals surface area (Å²) in [5, 5.41) is 1.47. The zero-order chi connectivity index (χ0) is 12.8. The summed E-state index contributed by atoms with van der Waals surface area (Å²) < 4.78 is 12.7. The third-order valence-electron chi connectivity index (χ3n) is 2.68. The highest BCUT2D eigenvalue weighted by atomic mass is 32.2. The van der Waals surface area contributed by atoms with Crippen LogP contribution in [-0.4, -0.2) is 29.9 Å². The van der Waals surface area contributed by atoms with Gasteiger partial charge in [0.25, 0.3) is 0 Å². The third kappa shape index (κ3) is 3.99. The molecule has 0 saturated carbocycles. The lowest BCUT2D eigenvalue weighted by atomic mass is 10.3. The second-order valence-electron chi connectivity index (χ2n) is 4.09. The molecule has 1 aliphatic heterocycles. The van der Waals surface area contributed by atoms with E-state index in [0.717, 1.165) is 17.7 Å². The van der Waals surface area contributed by atoms with Crippen LogP contribution < -0.4 is 0 Å². The van der Waals surface area contributed by atoms with Crippen LogP contribution in [0.15, 0.2) is 29.2 Å². The molecule has 18 heavy (non-hydrogen) atoms. The van der Waals surface area contributed by atoms with Gasteiger partial charge in [-0.25, -0.2) is 9.45 Å². The third-order valence-corrected chi connectivity index (χ3v) is 3.69. The van der Waals surface area contributed by atoms with Gasteiger partial charge < -0.3 is 0 Å². The molecule has 1 heterocycles. The normalized spacial score (nSPS) is 15.7. The number of nitrogens with zero attached hydrogens (tertiary/aromatic N) is 1. The van der Waals surface area contributed by atoms with Crippen molar-refractivity contribution < 1.29 is 14.0 Å². The molecule has 1 saturated heterocycles. The van der Waals surface area contributed by atoms with Crippen LogP contribution in [0.2, 0.25) is 0 Å². The highest BCUT2D eigenvalue weighted by molar-refractivity contribution is 7.99. The van der Waals surface area contributed by atoms with Gasteiger partial charge >= 0.3 is 0 Å². The summed E-state index contributed by atoms with van der Waals surface area (Å²) in [7, 11) is 0. The Bertz CT molecular complexity index is 390. The van der Waals surface area contributed by atoms with E-state index < -0.39 is 0 Å². The molecule has 98 valence electrons. The second kappa shape index (κ2) is 6.75. The van der Waals surface area contributed by atoms with Crippen molar-refractivity contribution in [3.05, 3.63) is 30.1 Å². The van der Waals surface area contributed by atoms with Gasteiger partial charge in [0.05, 0.1) is 6.61 Å². The molecule has 0 aromatic heterocycles. The van der Waals surface area contributed by atoms with E-state index >= 15 is 0 Å². The van der Waals surface area contributed by atoms with Gasteiger partial charge in [-0.3, -0.25) is 9.63 Å². The lowest BCUT2D eigenvalue weighted by molar-refractivity contribution is -0.196. The fraction of sp³-hybridized carbons (Fsp3) is 0.462. The maximum absolute atomic E-state index is 12.7. The molecule has 1 fully saturated rings. The fourth-order valence-corrected chi connectivity index (χ4v) is 2.55. The fourth-order valence-electron chi connectivity index (χ4n) is 1.71. The summed E-state index contributed by atoms with van der Waals surface area (Å²) in [6.45, 7) is 1.33. The van der Waals surface area contributed by atoms with E-state index in [9.17, 15) is 9.18 Å². The first-order chi connectivity index (χ1) is 8.75. The molecule has 0 spiro atoms. The SMILES string of the molecule is O=C(CCSc1ccc(F)cc1)N1CCCCO1. The van der Waals surface area contributed by atoms with Gasteiger partial charge in [0.1, 0.15) is 5.82 Å². The summed E-state index contributed by atoms with van der Waals surface area (Å²) >= 11 is 1.55. The van der Waals surface area contributed by atoms with Crippen molar-refractivity contribution >= 4 is 17.7 Å². The second-order valence-corrected chi connectivity index (χ2v) is 5.26. The van der Waals surface area contributed by atoms with Crippen LogP contribution in [0.25, 0.3) is 0 Å². The quantitative estimate of drug-likeness (QED) is 0.787. The smallest absolute Gasteiger partial charge is 0.246 e. The molecule has 1 aromatic carbocycles. The molecule has 1 aliphatic rings. The Hall–Kier alpha value is -1.07. The van der Waals surface area contributed by atoms with E-state index in [0.29, 0.717) is 25.3 Å². The monoisotopic (exact) mass is 269 g/mol. The number of carbonyl (C=O) groups is 1. The number of amides is 1. The minimum Gasteiger partial charge on any atom is -0.273 e. The van der Waals surface area contributed by atoms with Gasteiger partial charge in [0.15, 0.2) is 0 Å². The van der Waals surface area contributed by atoms with E-state index in [2.05, 4.69) is 0 Å². The number of carbonyl (C=O) groups excluding carboxylic acids is 1. The topological polar surface area (TPSA) is 29.5 Å². The van der Waals surface area contributed by atoms with Crippen molar-refractivity contribution in [3.8, 4) is 0 Å². The highest BCUT2D eigenvalue weighted by Crippen LogP contribution is 2.19. The standard InChI is InChI=1S/C13H16FNO2S/c14-11-3-5-12(6-4-11)18-10-7-13(16)15-8-1-2-9-17-15/h3-6H,1-2,7-10H2. The molecule has 1 amide bonds. The van der Waals surface area contributed by atoms with Crippen LogP contribution in [0.5, 0.6) is 0 Å². The first-order valence-electron chi connectivity index (χ1n) is 6.07. The number of rotatable bonds is 4. The number of thioether (sulfide) groups is 1. The van der Waals surface area contributed by atoms with Gasteiger partial charge in [-0.05, 0) is 37.1 Å². The first kappa shape index (κ1) is 13.4. The Kier molecular flexibility index (Phi) is 5.01. The van der Waals surface area contributed by atoms with Gasteiger partial charge in [-0.1, -0.05) is 0 Å². The van der Waals surface area contributed by atoms with Crippen LogP contribution in [0, 0.1) is 5.82 Å². The first-order valence-corrected chi connectivity index (χ1v) is 7.06. The Labute approximate surface area is 110 Å². The Balaban J connectivity index is 1.71. The van der Waals surface area contributed by atoms with Crippen molar-refractivity contribution in [2.75, 3.05) is 18.9 Å². The van der Waals surface area contributed by atoms with E-state index in [1.165, 1.54) is 17.2 Å². The zero-order valence-corrected chi connectivity index (χ0v) is 10.9. The molecule has 3 nitrogen and oxygen atoms in total. The largest absolute Gasteiger partial charge is 0.273 e. The van der Waals surface area contributed by atoms with Gasteiger partial charge in [0.2, 0.25) is 5.91 Å². The molecular weight excluding hydrogens is 253 g/mol. The molecule has 2 rings (SSSR count). The van der Waals surface area contributed by atoms with E-state index in [1.807, 2.05) is 0 Å². The molecule has 5 heteroatoms. The Morgan fingerprint density at radius 1 is 1.33 bits per heavy atom. The molecule has 0 bridgehead atoms. The summed E-state index contributed by atoms with van der Waals surface area (Å²) in [4.78, 5) is 18.0. The summed E-state index contributed by atoms with van der Waals surface area (Å²) in [6.07, 6.45) is 2.48. The predicted molar refractivity (Wildman–Crippen MR) is 68.6 cm³/mol. The van der Waals surface area contributed by atoms with E-state index in [4.69, 9.17) is 4.84 Å². The predicted octanol–water partition coefficient (Wildman–Crippen LogP) is 2.86. The molecule has 0 atom stereocenters. The summed E-state index contributed by atoms with van der Waals surface area (Å²) in [6, 6.07) is 6.31. The molecular formula is C13H16FNO2S. The minimum atomic E-state index is -0.239. The van der Waals surface area contributed by atoms with Crippen LogP contribution in [-0.2, 0) is 9.63 Å². The van der Waals surface area contributed by atoms with E-state index in [-0.39, 0.29) is 11.7 Å². The Morgan fingerprint density at radius 3 is 2.78 bits per heavy atom. The lowest BCUT2D eigenvalue weighted by Crippen LogP contribution is -2.35. The van der Waals surface area contributed by atoms with Crippen LogP contribution in [0.3, 0.4) is 0 Å². The summed E-state index contributed by atoms with van der Waals surface area (Å²) in [5.74, 6) is 0.478. The minimum absolute atomic E-state index is 0.0318. The molecule has 0 N–H and O–H groups in total. The number of hydroxylamine groups is 2. The maximum atomic E-state index is 12.7. The Morgan fingerprint density at radius 2 is 2.11 bits per heavy atom. The van der Waals surface area contributed by atoms with Gasteiger partial charge in [-0.15, -0.1) is 11.8 Å². The molecule has 0 aliphatic carbocycles. The lowest BCUT2D eigenvalue weighted by Gasteiger charge is -2.25. The average Bonchev–Trinajstić information content (AvgIpc) is 2.42.